The van der Waals surface area contributed by atoms with Gasteiger partial charge in [0, 0.05) is 29.9 Å². The van der Waals surface area contributed by atoms with Gasteiger partial charge in [0.1, 0.15) is 6.54 Å². The molecule has 0 saturated heterocycles. The summed E-state index contributed by atoms with van der Waals surface area (Å²) in [7, 11) is 0. The van der Waals surface area contributed by atoms with Crippen molar-refractivity contribution in [3.8, 4) is 0 Å². The van der Waals surface area contributed by atoms with E-state index in [1.807, 2.05) is 0 Å². The molecule has 3 aromatic carbocycles. The van der Waals surface area contributed by atoms with E-state index in [9.17, 15) is 0 Å². The second kappa shape index (κ2) is 6.34. The number of hydrogen-bond donors (Lipinski definition) is 1. The van der Waals surface area contributed by atoms with E-state index < -0.39 is 0 Å². The molecule has 140 valence electrons. The van der Waals surface area contributed by atoms with Crippen LogP contribution >= 0.6 is 0 Å². The van der Waals surface area contributed by atoms with Crippen molar-refractivity contribution in [2.75, 3.05) is 18.4 Å². The number of rotatable bonds is 3. The van der Waals surface area contributed by atoms with E-state index in [1.54, 1.807) is 0 Å². The molecule has 0 radical (unpaired) electrons. The molecule has 5 rings (SSSR count). The third-order valence-electron chi connectivity index (χ3n) is 6.34. The normalized spacial score (nSPS) is 17.2. The molecule has 2 aliphatic rings. The van der Waals surface area contributed by atoms with Crippen LogP contribution in [0.1, 0.15) is 37.5 Å². The molecule has 0 fully saturated rings. The highest BCUT2D eigenvalue weighted by Crippen LogP contribution is 2.44. The number of allylic oxidation sites excluding steroid dienone is 1. The first-order valence-corrected chi connectivity index (χ1v) is 10.3. The van der Waals surface area contributed by atoms with Crippen LogP contribution in [0, 0.1) is 0 Å². The van der Waals surface area contributed by atoms with Gasteiger partial charge in [-0.15, -0.1) is 0 Å². The summed E-state index contributed by atoms with van der Waals surface area (Å²) in [5.41, 5.74) is 8.15. The van der Waals surface area contributed by atoms with Gasteiger partial charge in [0.25, 0.3) is 0 Å². The van der Waals surface area contributed by atoms with Crippen LogP contribution in [0.3, 0.4) is 0 Å². The Labute approximate surface area is 167 Å². The molecule has 2 heteroatoms. The monoisotopic (exact) mass is 367 g/mol. The van der Waals surface area contributed by atoms with Crippen molar-refractivity contribution in [1.82, 2.24) is 0 Å². The second-order valence-corrected chi connectivity index (χ2v) is 8.36. The third-order valence-corrected chi connectivity index (χ3v) is 6.34. The van der Waals surface area contributed by atoms with E-state index in [0.717, 1.165) is 19.5 Å². The number of hydrogen-bond acceptors (Lipinski definition) is 1. The summed E-state index contributed by atoms with van der Waals surface area (Å²) in [5, 5.41) is 6.14. The van der Waals surface area contributed by atoms with Crippen LogP contribution in [0.25, 0.3) is 16.8 Å². The number of benzene rings is 3. The fourth-order valence-corrected chi connectivity index (χ4v) is 4.98. The predicted molar refractivity (Wildman–Crippen MR) is 120 cm³/mol. The summed E-state index contributed by atoms with van der Waals surface area (Å²) in [6.45, 7) is 9.00. The van der Waals surface area contributed by atoms with Crippen LogP contribution < -0.4 is 5.32 Å². The Morgan fingerprint density at radius 3 is 2.75 bits per heavy atom. The van der Waals surface area contributed by atoms with E-state index in [4.69, 9.17) is 0 Å². The van der Waals surface area contributed by atoms with Gasteiger partial charge in [-0.2, -0.15) is 4.58 Å². The summed E-state index contributed by atoms with van der Waals surface area (Å²) >= 11 is 0. The summed E-state index contributed by atoms with van der Waals surface area (Å²) in [5.74, 6) is 0. The fourth-order valence-electron chi connectivity index (χ4n) is 4.98. The van der Waals surface area contributed by atoms with Crippen molar-refractivity contribution >= 4 is 33.9 Å². The van der Waals surface area contributed by atoms with E-state index >= 15 is 0 Å². The Morgan fingerprint density at radius 1 is 1.04 bits per heavy atom. The molecule has 0 bridgehead atoms. The van der Waals surface area contributed by atoms with Crippen molar-refractivity contribution in [2.45, 2.75) is 32.6 Å². The fraction of sp³-hybridized carbons (Fsp3) is 0.269. The first-order chi connectivity index (χ1) is 13.6. The Bertz CT molecular complexity index is 1150. The molecular formula is C26H27N2+. The van der Waals surface area contributed by atoms with Gasteiger partial charge >= 0.3 is 0 Å². The molecule has 3 aromatic rings. The second-order valence-electron chi connectivity index (χ2n) is 8.36. The van der Waals surface area contributed by atoms with Crippen LogP contribution in [-0.2, 0) is 11.8 Å². The highest BCUT2D eigenvalue weighted by Gasteiger charge is 2.44. The molecule has 2 aliphatic heterocycles. The van der Waals surface area contributed by atoms with E-state index in [0.29, 0.717) is 0 Å². The molecular weight excluding hydrogens is 340 g/mol. The van der Waals surface area contributed by atoms with Crippen molar-refractivity contribution in [3.05, 3.63) is 77.4 Å². The lowest BCUT2D eigenvalue weighted by Crippen LogP contribution is -2.27. The van der Waals surface area contributed by atoms with E-state index in [1.165, 1.54) is 44.5 Å². The molecule has 1 N–H and O–H groups in total. The number of fused-ring (bicyclic) bond motifs is 4. The van der Waals surface area contributed by atoms with Crippen molar-refractivity contribution in [3.63, 3.8) is 0 Å². The van der Waals surface area contributed by atoms with Gasteiger partial charge in [-0.05, 0) is 73.4 Å². The molecule has 2 heterocycles. The van der Waals surface area contributed by atoms with Crippen molar-refractivity contribution in [2.24, 2.45) is 0 Å². The third kappa shape index (κ3) is 2.51. The summed E-state index contributed by atoms with van der Waals surface area (Å²) in [6.07, 6.45) is 5.74. The van der Waals surface area contributed by atoms with Crippen LogP contribution in [0.4, 0.5) is 11.4 Å². The van der Waals surface area contributed by atoms with Crippen LogP contribution in [0.15, 0.2) is 60.7 Å². The van der Waals surface area contributed by atoms with Crippen molar-refractivity contribution in [1.29, 1.82) is 0 Å². The quantitative estimate of drug-likeness (QED) is 0.568. The molecule has 0 unspecified atom stereocenters. The number of nitrogens with zero attached hydrogens (tertiary/aromatic N) is 1. The highest BCUT2D eigenvalue weighted by atomic mass is 15.0. The largest absolute Gasteiger partial charge is 0.384 e. The number of anilines is 1. The topological polar surface area (TPSA) is 15.0 Å². The molecule has 0 atom stereocenters. The average Bonchev–Trinajstić information content (AvgIpc) is 3.25. The van der Waals surface area contributed by atoms with Crippen molar-refractivity contribution < 1.29 is 4.58 Å². The van der Waals surface area contributed by atoms with Gasteiger partial charge < -0.3 is 5.32 Å². The smallest absolute Gasteiger partial charge is 0.210 e. The molecule has 28 heavy (non-hydrogen) atoms. The van der Waals surface area contributed by atoms with Gasteiger partial charge in [-0.1, -0.05) is 30.3 Å². The van der Waals surface area contributed by atoms with Gasteiger partial charge in [0.05, 0.1) is 5.41 Å². The van der Waals surface area contributed by atoms with Gasteiger partial charge in [0.15, 0.2) is 5.71 Å². The molecule has 0 aromatic heterocycles. The molecule has 0 amide bonds. The van der Waals surface area contributed by atoms with Gasteiger partial charge in [-0.3, -0.25) is 0 Å². The van der Waals surface area contributed by atoms with Gasteiger partial charge in [-0.25, -0.2) is 0 Å². The number of nitrogens with one attached hydrogen (secondary N) is 1. The minimum atomic E-state index is -0.0268. The van der Waals surface area contributed by atoms with Crippen LogP contribution in [0.2, 0.25) is 0 Å². The Hall–Kier alpha value is -2.87. The lowest BCUT2D eigenvalue weighted by molar-refractivity contribution is -0.433. The average molecular weight is 368 g/mol. The lowest BCUT2D eigenvalue weighted by atomic mass is 9.79. The molecule has 0 spiro atoms. The Morgan fingerprint density at radius 2 is 1.89 bits per heavy atom. The molecule has 2 nitrogen and oxygen atoms in total. The zero-order valence-electron chi connectivity index (χ0n) is 16.9. The minimum absolute atomic E-state index is 0.0268. The maximum Gasteiger partial charge on any atom is 0.210 e. The first kappa shape index (κ1) is 17.2. The summed E-state index contributed by atoms with van der Waals surface area (Å²) in [6, 6.07) is 20.1. The zero-order chi connectivity index (χ0) is 19.3. The first-order valence-electron chi connectivity index (χ1n) is 10.3. The SMILES string of the molecule is CC[N+]1=C(/C=C/c2ccc3c(c2)CCN3)C(C)(C)c2c1ccc1ccccc21. The molecule has 0 saturated carbocycles. The Kier molecular flexibility index (Phi) is 3.90. The maximum absolute atomic E-state index is 3.45. The molecule has 0 aliphatic carbocycles. The van der Waals surface area contributed by atoms with E-state index in [2.05, 4.69) is 97.4 Å². The van der Waals surface area contributed by atoms with Crippen LogP contribution in [0.5, 0.6) is 0 Å². The minimum Gasteiger partial charge on any atom is -0.384 e. The lowest BCUT2D eigenvalue weighted by Gasteiger charge is -2.17. The van der Waals surface area contributed by atoms with Crippen LogP contribution in [-0.4, -0.2) is 23.4 Å². The standard InChI is InChI=1S/C26H26N2/c1-4-28-23-13-11-19-7-5-6-8-21(19)25(23)26(2,3)24(28)14-10-18-9-12-22-20(17-18)15-16-27-22/h5-14,17H,4,15-16H2,1-3H3/p+1. The maximum atomic E-state index is 3.45. The summed E-state index contributed by atoms with van der Waals surface area (Å²) < 4.78 is 2.48. The highest BCUT2D eigenvalue weighted by molar-refractivity contribution is 6.09. The summed E-state index contributed by atoms with van der Waals surface area (Å²) in [4.78, 5) is 0. The van der Waals surface area contributed by atoms with E-state index in [-0.39, 0.29) is 5.41 Å². The Balaban J connectivity index is 1.61. The zero-order valence-corrected chi connectivity index (χ0v) is 16.9. The predicted octanol–water partition coefficient (Wildman–Crippen LogP) is 5.92. The van der Waals surface area contributed by atoms with Gasteiger partial charge in [0.2, 0.25) is 5.69 Å².